The highest BCUT2D eigenvalue weighted by molar-refractivity contribution is 6.10. The van der Waals surface area contributed by atoms with Crippen molar-refractivity contribution in [3.05, 3.63) is 40.8 Å². The summed E-state index contributed by atoms with van der Waals surface area (Å²) >= 11 is 0. The number of fused-ring (bicyclic) bond motifs is 1. The highest BCUT2D eigenvalue weighted by Crippen LogP contribution is 2.36. The van der Waals surface area contributed by atoms with Gasteiger partial charge in [0.15, 0.2) is 5.65 Å². The Morgan fingerprint density at radius 3 is 2.69 bits per heavy atom. The van der Waals surface area contributed by atoms with E-state index in [1.807, 2.05) is 6.92 Å². The van der Waals surface area contributed by atoms with Crippen molar-refractivity contribution in [3.8, 4) is 11.4 Å². The third-order valence-corrected chi connectivity index (χ3v) is 4.84. The van der Waals surface area contributed by atoms with Gasteiger partial charge in [-0.15, -0.1) is 0 Å². The molecule has 1 saturated heterocycles. The van der Waals surface area contributed by atoms with Crippen LogP contribution in [0.15, 0.2) is 18.3 Å². The molecule has 0 atom stereocenters. The zero-order valence-corrected chi connectivity index (χ0v) is 14.5. The Morgan fingerprint density at radius 2 is 2.08 bits per heavy atom. The monoisotopic (exact) mass is 353 g/mol. The topological polar surface area (TPSA) is 129 Å². The molecule has 0 bridgehead atoms. The number of carbonyl (C=O) groups excluding carboxylic acids is 1. The Hall–Kier alpha value is -3.13. The maximum atomic E-state index is 12.0. The number of primary amides is 1. The van der Waals surface area contributed by atoms with Crippen LogP contribution < -0.4 is 11.5 Å². The summed E-state index contributed by atoms with van der Waals surface area (Å²) in [5.41, 5.74) is 14.7. The standard InChI is InChI=1S/C18H19N5O3/c1-8-3-4-12(24)9(2)14(8)23-15(19)13(16(20)25)11-5-21-17(22-18(11)23)10-6-26-7-10/h3-5,10,24H,6-7,19H2,1-2H3,(H2,20,25). The first kappa shape index (κ1) is 16.3. The molecule has 1 aliphatic heterocycles. The van der Waals surface area contributed by atoms with Crippen molar-refractivity contribution in [1.82, 2.24) is 14.5 Å². The number of anilines is 1. The average molecular weight is 353 g/mol. The van der Waals surface area contributed by atoms with Gasteiger partial charge in [0, 0.05) is 11.8 Å². The molecule has 3 heterocycles. The second-order valence-corrected chi connectivity index (χ2v) is 6.53. The molecule has 2 aromatic heterocycles. The Labute approximate surface area is 149 Å². The number of ether oxygens (including phenoxy) is 1. The van der Waals surface area contributed by atoms with E-state index in [9.17, 15) is 9.90 Å². The number of nitrogen functional groups attached to an aromatic ring is 1. The van der Waals surface area contributed by atoms with Crippen LogP contribution in [-0.2, 0) is 4.74 Å². The summed E-state index contributed by atoms with van der Waals surface area (Å²) < 4.78 is 6.89. The van der Waals surface area contributed by atoms with Crippen LogP contribution >= 0.6 is 0 Å². The minimum absolute atomic E-state index is 0.118. The van der Waals surface area contributed by atoms with E-state index in [1.54, 1.807) is 29.8 Å². The normalized spacial score (nSPS) is 14.5. The molecule has 134 valence electrons. The summed E-state index contributed by atoms with van der Waals surface area (Å²) in [7, 11) is 0. The molecule has 1 fully saturated rings. The van der Waals surface area contributed by atoms with E-state index in [1.165, 1.54) is 0 Å². The first-order valence-corrected chi connectivity index (χ1v) is 8.24. The number of benzene rings is 1. The fourth-order valence-electron chi connectivity index (χ4n) is 3.33. The van der Waals surface area contributed by atoms with Crippen LogP contribution in [0.5, 0.6) is 5.75 Å². The third-order valence-electron chi connectivity index (χ3n) is 4.84. The summed E-state index contributed by atoms with van der Waals surface area (Å²) in [6, 6.07) is 3.41. The van der Waals surface area contributed by atoms with E-state index in [0.29, 0.717) is 41.3 Å². The minimum atomic E-state index is -0.648. The molecule has 26 heavy (non-hydrogen) atoms. The summed E-state index contributed by atoms with van der Waals surface area (Å²) in [5, 5.41) is 10.6. The molecule has 8 nitrogen and oxygen atoms in total. The third kappa shape index (κ3) is 2.22. The number of aromatic nitrogens is 3. The number of phenols is 1. The van der Waals surface area contributed by atoms with Crippen LogP contribution in [0.3, 0.4) is 0 Å². The van der Waals surface area contributed by atoms with Gasteiger partial charge < -0.3 is 21.3 Å². The maximum absolute atomic E-state index is 12.0. The van der Waals surface area contributed by atoms with E-state index in [-0.39, 0.29) is 23.0 Å². The molecule has 1 aromatic carbocycles. The number of phenolic OH excluding ortho intramolecular Hbond substituents is 1. The Kier molecular flexibility index (Phi) is 3.58. The fraction of sp³-hybridized carbons (Fsp3) is 0.278. The second kappa shape index (κ2) is 5.70. The molecule has 1 aliphatic rings. The van der Waals surface area contributed by atoms with Gasteiger partial charge in [-0.05, 0) is 25.5 Å². The van der Waals surface area contributed by atoms with Crippen molar-refractivity contribution in [2.24, 2.45) is 5.73 Å². The summed E-state index contributed by atoms with van der Waals surface area (Å²) in [4.78, 5) is 21.0. The van der Waals surface area contributed by atoms with E-state index in [0.717, 1.165) is 5.56 Å². The number of hydrogen-bond donors (Lipinski definition) is 3. The van der Waals surface area contributed by atoms with Crippen LogP contribution in [0, 0.1) is 13.8 Å². The predicted octanol–water partition coefficient (Wildman–Crippen LogP) is 1.54. The number of carbonyl (C=O) groups is 1. The second-order valence-electron chi connectivity index (χ2n) is 6.53. The van der Waals surface area contributed by atoms with Gasteiger partial charge in [0.1, 0.15) is 17.4 Å². The highest BCUT2D eigenvalue weighted by atomic mass is 16.5. The van der Waals surface area contributed by atoms with Crippen LogP contribution in [0.25, 0.3) is 16.7 Å². The van der Waals surface area contributed by atoms with Crippen molar-refractivity contribution in [1.29, 1.82) is 0 Å². The number of rotatable bonds is 3. The SMILES string of the molecule is Cc1ccc(O)c(C)c1-n1c(N)c(C(N)=O)c2cnc(C3COC3)nc21. The maximum Gasteiger partial charge on any atom is 0.253 e. The van der Waals surface area contributed by atoms with Gasteiger partial charge in [0.25, 0.3) is 5.91 Å². The fourth-order valence-corrected chi connectivity index (χ4v) is 3.33. The number of nitrogens with zero attached hydrogens (tertiary/aromatic N) is 3. The average Bonchev–Trinajstić information content (AvgIpc) is 2.82. The summed E-state index contributed by atoms with van der Waals surface area (Å²) in [5.74, 6) is 0.418. The molecule has 0 saturated carbocycles. The van der Waals surface area contributed by atoms with Crippen molar-refractivity contribution in [2.75, 3.05) is 18.9 Å². The van der Waals surface area contributed by atoms with Gasteiger partial charge in [-0.3, -0.25) is 9.36 Å². The van der Waals surface area contributed by atoms with Gasteiger partial charge in [-0.2, -0.15) is 0 Å². The highest BCUT2D eigenvalue weighted by Gasteiger charge is 2.28. The van der Waals surface area contributed by atoms with Gasteiger partial charge in [-0.25, -0.2) is 9.97 Å². The zero-order valence-electron chi connectivity index (χ0n) is 14.5. The molecule has 0 aliphatic carbocycles. The van der Waals surface area contributed by atoms with Crippen LogP contribution in [0.2, 0.25) is 0 Å². The first-order chi connectivity index (χ1) is 12.4. The minimum Gasteiger partial charge on any atom is -0.508 e. The van der Waals surface area contributed by atoms with Crippen molar-refractivity contribution in [2.45, 2.75) is 19.8 Å². The lowest BCUT2D eigenvalue weighted by Crippen LogP contribution is -2.27. The van der Waals surface area contributed by atoms with Crippen molar-refractivity contribution >= 4 is 22.8 Å². The Bertz CT molecular complexity index is 1050. The molecule has 0 radical (unpaired) electrons. The van der Waals surface area contributed by atoms with Gasteiger partial charge in [-0.1, -0.05) is 6.07 Å². The van der Waals surface area contributed by atoms with Crippen LogP contribution in [0.1, 0.15) is 33.2 Å². The van der Waals surface area contributed by atoms with E-state index in [4.69, 9.17) is 16.2 Å². The summed E-state index contributed by atoms with van der Waals surface area (Å²) in [6.07, 6.45) is 1.58. The van der Waals surface area contributed by atoms with E-state index >= 15 is 0 Å². The number of nitrogens with two attached hydrogens (primary N) is 2. The van der Waals surface area contributed by atoms with Crippen molar-refractivity contribution < 1.29 is 14.6 Å². The van der Waals surface area contributed by atoms with Crippen LogP contribution in [-0.4, -0.2) is 38.8 Å². The quantitative estimate of drug-likeness (QED) is 0.655. The molecule has 3 aromatic rings. The lowest BCUT2D eigenvalue weighted by Gasteiger charge is -2.24. The Balaban J connectivity index is 2.09. The molecular formula is C18H19N5O3. The lowest BCUT2D eigenvalue weighted by molar-refractivity contribution is 0.00497. The zero-order chi connectivity index (χ0) is 18.6. The van der Waals surface area contributed by atoms with Gasteiger partial charge >= 0.3 is 0 Å². The number of aromatic hydroxyl groups is 1. The van der Waals surface area contributed by atoms with E-state index in [2.05, 4.69) is 9.97 Å². The molecular weight excluding hydrogens is 334 g/mol. The largest absolute Gasteiger partial charge is 0.508 e. The first-order valence-electron chi connectivity index (χ1n) is 8.24. The predicted molar refractivity (Wildman–Crippen MR) is 96.5 cm³/mol. The Morgan fingerprint density at radius 1 is 1.35 bits per heavy atom. The molecule has 0 spiro atoms. The molecule has 4 rings (SSSR count). The smallest absolute Gasteiger partial charge is 0.253 e. The van der Waals surface area contributed by atoms with E-state index < -0.39 is 5.91 Å². The molecule has 1 amide bonds. The van der Waals surface area contributed by atoms with Crippen molar-refractivity contribution in [3.63, 3.8) is 0 Å². The molecule has 5 N–H and O–H groups in total. The molecule has 8 heteroatoms. The van der Waals surface area contributed by atoms with Crippen LogP contribution in [0.4, 0.5) is 5.82 Å². The van der Waals surface area contributed by atoms with Gasteiger partial charge in [0.05, 0.1) is 35.8 Å². The number of aryl methyl sites for hydroxylation is 1. The summed E-state index contributed by atoms with van der Waals surface area (Å²) in [6.45, 7) is 4.82. The number of amides is 1. The number of hydrogen-bond acceptors (Lipinski definition) is 6. The lowest BCUT2D eigenvalue weighted by atomic mass is 10.1. The molecule has 0 unspecified atom stereocenters. The van der Waals surface area contributed by atoms with Gasteiger partial charge in [0.2, 0.25) is 0 Å².